The number of aryl methyl sites for hydroxylation is 1. The molecule has 5 heteroatoms. The molecule has 0 bridgehead atoms. The van der Waals surface area contributed by atoms with Gasteiger partial charge in [-0.3, -0.25) is 9.88 Å². The number of benzene rings is 1. The number of fused-ring (bicyclic) bond motifs is 1. The molecule has 5 nitrogen and oxygen atoms in total. The summed E-state index contributed by atoms with van der Waals surface area (Å²) < 4.78 is 5.71. The minimum Gasteiger partial charge on any atom is -0.443 e. The van der Waals surface area contributed by atoms with Gasteiger partial charge in [-0.1, -0.05) is 25.1 Å². The SMILES string of the molecule is Cc1cc2ccc(C3=CC[C@H](C)CN3C(=O)OC(C)(C)C)cc2nc1C1CCN(C)CC1. The molecule has 1 aromatic carbocycles. The third kappa shape index (κ3) is 4.98. The van der Waals surface area contributed by atoms with Crippen molar-refractivity contribution in [1.82, 2.24) is 14.8 Å². The van der Waals surface area contributed by atoms with Gasteiger partial charge in [0.2, 0.25) is 0 Å². The highest BCUT2D eigenvalue weighted by Gasteiger charge is 2.29. The van der Waals surface area contributed by atoms with E-state index < -0.39 is 5.60 Å². The number of piperidine rings is 1. The van der Waals surface area contributed by atoms with Gasteiger partial charge in [-0.15, -0.1) is 0 Å². The molecule has 3 heterocycles. The van der Waals surface area contributed by atoms with E-state index in [4.69, 9.17) is 9.72 Å². The van der Waals surface area contributed by atoms with Gasteiger partial charge >= 0.3 is 6.09 Å². The number of hydrogen-bond acceptors (Lipinski definition) is 4. The summed E-state index contributed by atoms with van der Waals surface area (Å²) in [6, 6.07) is 8.66. The van der Waals surface area contributed by atoms with Gasteiger partial charge in [0.1, 0.15) is 5.60 Å². The van der Waals surface area contributed by atoms with Crippen LogP contribution in [0.25, 0.3) is 16.6 Å². The van der Waals surface area contributed by atoms with E-state index in [0.717, 1.165) is 54.5 Å². The zero-order valence-corrected chi connectivity index (χ0v) is 20.4. The maximum Gasteiger partial charge on any atom is 0.414 e. The summed E-state index contributed by atoms with van der Waals surface area (Å²) in [4.78, 5) is 22.3. The van der Waals surface area contributed by atoms with Crippen LogP contribution in [0.1, 0.15) is 69.7 Å². The summed E-state index contributed by atoms with van der Waals surface area (Å²) in [5.74, 6) is 0.927. The zero-order valence-electron chi connectivity index (χ0n) is 20.4. The van der Waals surface area contributed by atoms with E-state index in [0.29, 0.717) is 18.4 Å². The van der Waals surface area contributed by atoms with Crippen LogP contribution in [-0.4, -0.2) is 53.2 Å². The molecule has 1 aromatic heterocycles. The van der Waals surface area contributed by atoms with E-state index in [-0.39, 0.29) is 6.09 Å². The zero-order chi connectivity index (χ0) is 23.0. The molecule has 4 rings (SSSR count). The maximum atomic E-state index is 13.0. The van der Waals surface area contributed by atoms with Crippen LogP contribution in [-0.2, 0) is 4.74 Å². The molecule has 1 fully saturated rings. The molecule has 172 valence electrons. The summed E-state index contributed by atoms with van der Waals surface area (Å²) in [5.41, 5.74) is 4.96. The Morgan fingerprint density at radius 1 is 1.16 bits per heavy atom. The van der Waals surface area contributed by atoms with E-state index in [1.165, 1.54) is 11.3 Å². The quantitative estimate of drug-likeness (QED) is 0.583. The number of ether oxygens (including phenoxy) is 1. The normalized spacial score (nSPS) is 21.0. The van der Waals surface area contributed by atoms with Crippen molar-refractivity contribution >= 4 is 22.7 Å². The van der Waals surface area contributed by atoms with Crippen molar-refractivity contribution in [2.24, 2.45) is 5.92 Å². The van der Waals surface area contributed by atoms with Gasteiger partial charge < -0.3 is 9.64 Å². The smallest absolute Gasteiger partial charge is 0.414 e. The van der Waals surface area contributed by atoms with Gasteiger partial charge in [0.25, 0.3) is 0 Å². The van der Waals surface area contributed by atoms with Crippen molar-refractivity contribution < 1.29 is 9.53 Å². The Labute approximate surface area is 192 Å². The lowest BCUT2D eigenvalue weighted by Crippen LogP contribution is -2.39. The predicted molar refractivity (Wildman–Crippen MR) is 131 cm³/mol. The first kappa shape index (κ1) is 22.8. The molecule has 0 radical (unpaired) electrons. The second-order valence-corrected chi connectivity index (χ2v) is 10.7. The van der Waals surface area contributed by atoms with E-state index >= 15 is 0 Å². The molecule has 1 saturated heterocycles. The fourth-order valence-electron chi connectivity index (χ4n) is 4.81. The van der Waals surface area contributed by atoms with Crippen molar-refractivity contribution in [2.75, 3.05) is 26.7 Å². The van der Waals surface area contributed by atoms with Gasteiger partial charge in [-0.2, -0.15) is 0 Å². The van der Waals surface area contributed by atoms with Gasteiger partial charge in [0.05, 0.1) is 11.2 Å². The van der Waals surface area contributed by atoms with Crippen LogP contribution in [0.5, 0.6) is 0 Å². The molecule has 2 aromatic rings. The van der Waals surface area contributed by atoms with Crippen LogP contribution in [0.3, 0.4) is 0 Å². The van der Waals surface area contributed by atoms with Crippen LogP contribution in [0.2, 0.25) is 0 Å². The summed E-state index contributed by atoms with van der Waals surface area (Å²) in [6.45, 7) is 13.0. The highest BCUT2D eigenvalue weighted by atomic mass is 16.6. The Balaban J connectivity index is 1.68. The first-order valence-electron chi connectivity index (χ1n) is 11.9. The summed E-state index contributed by atoms with van der Waals surface area (Å²) in [7, 11) is 2.19. The molecule has 0 N–H and O–H groups in total. The lowest BCUT2D eigenvalue weighted by atomic mass is 9.90. The van der Waals surface area contributed by atoms with Gasteiger partial charge in [-0.05, 0) is 90.7 Å². The van der Waals surface area contributed by atoms with Crippen molar-refractivity contribution in [3.63, 3.8) is 0 Å². The van der Waals surface area contributed by atoms with Crippen LogP contribution in [0.4, 0.5) is 4.79 Å². The largest absolute Gasteiger partial charge is 0.443 e. The highest BCUT2D eigenvalue weighted by molar-refractivity contribution is 5.88. The fraction of sp³-hybridized carbons (Fsp3) is 0.556. The first-order chi connectivity index (χ1) is 15.1. The molecule has 1 atom stereocenters. The molecule has 2 aliphatic heterocycles. The number of hydrogen-bond donors (Lipinski definition) is 0. The molecule has 2 aliphatic rings. The molecule has 32 heavy (non-hydrogen) atoms. The summed E-state index contributed by atoms with van der Waals surface area (Å²) in [6.07, 6.45) is 5.16. The average Bonchev–Trinajstić information content (AvgIpc) is 2.72. The summed E-state index contributed by atoms with van der Waals surface area (Å²) in [5, 5.41) is 1.15. The number of nitrogens with zero attached hydrogens (tertiary/aromatic N) is 3. The Bertz CT molecular complexity index is 1030. The highest BCUT2D eigenvalue weighted by Crippen LogP contribution is 2.33. The number of amides is 1. The molecule has 0 spiro atoms. The second kappa shape index (κ2) is 8.86. The standard InChI is InChI=1S/C27H37N3O2/c1-18-7-10-24(30(17-18)26(31)32-27(3,4)5)22-9-8-21-15-19(2)25(28-23(21)16-22)20-11-13-29(6)14-12-20/h8-10,15-16,18,20H,7,11-14,17H2,1-6H3/t18-/m0/s1. The van der Waals surface area contributed by atoms with Gasteiger partial charge in [0, 0.05) is 29.1 Å². The Morgan fingerprint density at radius 3 is 2.56 bits per heavy atom. The Morgan fingerprint density at radius 2 is 1.88 bits per heavy atom. The number of aromatic nitrogens is 1. The molecule has 0 unspecified atom stereocenters. The number of likely N-dealkylation sites (tertiary alicyclic amines) is 1. The number of carbonyl (C=O) groups is 1. The molecular weight excluding hydrogens is 398 g/mol. The fourth-order valence-corrected chi connectivity index (χ4v) is 4.81. The van der Waals surface area contributed by atoms with Crippen LogP contribution < -0.4 is 0 Å². The van der Waals surface area contributed by atoms with Crippen molar-refractivity contribution in [3.8, 4) is 0 Å². The lowest BCUT2D eigenvalue weighted by molar-refractivity contribution is 0.0327. The maximum absolute atomic E-state index is 13.0. The Kier molecular flexibility index (Phi) is 6.30. The minimum atomic E-state index is -0.520. The monoisotopic (exact) mass is 435 g/mol. The average molecular weight is 436 g/mol. The molecule has 0 aliphatic carbocycles. The van der Waals surface area contributed by atoms with Gasteiger partial charge in [0.15, 0.2) is 0 Å². The Hall–Kier alpha value is -2.40. The van der Waals surface area contributed by atoms with Crippen LogP contribution >= 0.6 is 0 Å². The third-order valence-corrected chi connectivity index (χ3v) is 6.56. The van der Waals surface area contributed by atoms with E-state index in [1.807, 2.05) is 20.8 Å². The first-order valence-corrected chi connectivity index (χ1v) is 11.9. The summed E-state index contributed by atoms with van der Waals surface area (Å²) >= 11 is 0. The molecule has 0 saturated carbocycles. The molecular formula is C27H37N3O2. The van der Waals surface area contributed by atoms with Crippen molar-refractivity contribution in [2.45, 2.75) is 65.4 Å². The number of allylic oxidation sites excluding steroid dienone is 1. The van der Waals surface area contributed by atoms with E-state index in [1.54, 1.807) is 4.90 Å². The van der Waals surface area contributed by atoms with Gasteiger partial charge in [-0.25, -0.2) is 4.79 Å². The van der Waals surface area contributed by atoms with Crippen LogP contribution in [0, 0.1) is 12.8 Å². The van der Waals surface area contributed by atoms with E-state index in [2.05, 4.69) is 56.1 Å². The number of carbonyl (C=O) groups excluding carboxylic acids is 1. The van der Waals surface area contributed by atoms with Crippen LogP contribution in [0.15, 0.2) is 30.3 Å². The third-order valence-electron chi connectivity index (χ3n) is 6.56. The number of rotatable bonds is 2. The lowest BCUT2D eigenvalue weighted by Gasteiger charge is -2.34. The minimum absolute atomic E-state index is 0.278. The number of pyridine rings is 1. The van der Waals surface area contributed by atoms with E-state index in [9.17, 15) is 4.79 Å². The topological polar surface area (TPSA) is 45.7 Å². The van der Waals surface area contributed by atoms with Crippen molar-refractivity contribution in [3.05, 3.63) is 47.2 Å². The predicted octanol–water partition coefficient (Wildman–Crippen LogP) is 5.97. The second-order valence-electron chi connectivity index (χ2n) is 10.7. The molecule has 1 amide bonds. The van der Waals surface area contributed by atoms with Crippen molar-refractivity contribution in [1.29, 1.82) is 0 Å².